The third kappa shape index (κ3) is 4.54. The monoisotopic (exact) mass is 327 g/mol. The molecule has 3 rings (SSSR count). The van der Waals surface area contributed by atoms with Crippen molar-refractivity contribution in [2.45, 2.75) is 54.1 Å². The summed E-state index contributed by atoms with van der Waals surface area (Å²) < 4.78 is 2.16. The van der Waals surface area contributed by atoms with Crippen molar-refractivity contribution < 1.29 is 4.79 Å². The second kappa shape index (κ2) is 7.75. The molecule has 0 bridgehead atoms. The van der Waals surface area contributed by atoms with Gasteiger partial charge >= 0.3 is 0 Å². The number of aromatic nitrogens is 2. The van der Waals surface area contributed by atoms with E-state index >= 15 is 0 Å². The zero-order chi connectivity index (χ0) is 17.7. The van der Waals surface area contributed by atoms with Crippen LogP contribution in [0.2, 0.25) is 0 Å². The minimum atomic E-state index is 0.0321. The molecule has 1 aliphatic rings. The Labute approximate surface area is 145 Å². The quantitative estimate of drug-likeness (QED) is 0.837. The highest BCUT2D eigenvalue weighted by molar-refractivity contribution is 5.94. The topological polar surface area (TPSA) is 46.9 Å². The van der Waals surface area contributed by atoms with Crippen LogP contribution in [0.1, 0.15) is 57.2 Å². The highest BCUT2D eigenvalue weighted by atomic mass is 16.1. The van der Waals surface area contributed by atoms with E-state index in [1.165, 1.54) is 6.42 Å². The molecule has 0 amide bonds. The Morgan fingerprint density at radius 3 is 2.42 bits per heavy atom. The van der Waals surface area contributed by atoms with Crippen molar-refractivity contribution >= 4 is 5.78 Å². The lowest BCUT2D eigenvalue weighted by Crippen LogP contribution is -2.29. The van der Waals surface area contributed by atoms with E-state index in [-0.39, 0.29) is 5.78 Å². The molecule has 0 spiro atoms. The summed E-state index contributed by atoms with van der Waals surface area (Å²) in [6.07, 6.45) is 1.27. The van der Waals surface area contributed by atoms with Gasteiger partial charge in [0.1, 0.15) is 11.5 Å². The average molecular weight is 327 g/mol. The molecule has 1 aromatic heterocycles. The fourth-order valence-corrected chi connectivity index (χ4v) is 2.39. The van der Waals surface area contributed by atoms with E-state index in [0.29, 0.717) is 11.1 Å². The predicted octanol–water partition coefficient (Wildman–Crippen LogP) is 4.30. The maximum atomic E-state index is 11.7. The van der Waals surface area contributed by atoms with E-state index in [0.717, 1.165) is 36.7 Å². The van der Waals surface area contributed by atoms with Crippen LogP contribution in [0.5, 0.6) is 0 Å². The van der Waals surface area contributed by atoms with Gasteiger partial charge in [-0.05, 0) is 5.41 Å². The number of ketones is 1. The summed E-state index contributed by atoms with van der Waals surface area (Å²) in [7, 11) is 0. The number of nitrogens with zero attached hydrogens (tertiary/aromatic N) is 2. The number of fused-ring (bicyclic) bond motifs is 1. The Hall–Kier alpha value is -1.94. The maximum absolute atomic E-state index is 11.7. The summed E-state index contributed by atoms with van der Waals surface area (Å²) in [6.45, 7) is 13.0. The van der Waals surface area contributed by atoms with E-state index < -0.39 is 0 Å². The van der Waals surface area contributed by atoms with Gasteiger partial charge in [-0.1, -0.05) is 64.4 Å². The van der Waals surface area contributed by atoms with Gasteiger partial charge in [-0.2, -0.15) is 0 Å². The molecule has 0 unspecified atom stereocenters. The molecule has 0 saturated carbocycles. The Morgan fingerprint density at radius 1 is 1.25 bits per heavy atom. The fraction of sp³-hybridized carbons (Fsp3) is 0.500. The Balaban J connectivity index is 0.000000301. The third-order valence-electron chi connectivity index (χ3n) is 4.30. The predicted molar refractivity (Wildman–Crippen MR) is 99.1 cm³/mol. The first-order chi connectivity index (χ1) is 11.3. The number of hydrogen-bond donors (Lipinski definition) is 1. The van der Waals surface area contributed by atoms with Gasteiger partial charge < -0.3 is 9.88 Å². The minimum absolute atomic E-state index is 0.0321. The van der Waals surface area contributed by atoms with E-state index in [9.17, 15) is 4.79 Å². The molecule has 1 aliphatic heterocycles. The Bertz CT molecular complexity index is 681. The second-order valence-electron chi connectivity index (χ2n) is 7.40. The Morgan fingerprint density at radius 2 is 1.88 bits per heavy atom. The van der Waals surface area contributed by atoms with Crippen molar-refractivity contribution in [3.63, 3.8) is 0 Å². The van der Waals surface area contributed by atoms with Gasteiger partial charge in [0.05, 0.1) is 5.69 Å². The SMILES string of the molecule is CC(=O)c1nc(-c2ccccc2)n2c1CNCC2.CCC(C)(C)C. The number of hydrogen-bond acceptors (Lipinski definition) is 3. The van der Waals surface area contributed by atoms with Crippen molar-refractivity contribution in [3.05, 3.63) is 41.7 Å². The molecular formula is C20H29N3O. The van der Waals surface area contributed by atoms with Crippen LogP contribution in [-0.2, 0) is 13.1 Å². The Kier molecular flexibility index (Phi) is 5.94. The standard InChI is InChI=1S/C14H15N3O.C6H14/c1-10(18)13-12-9-15-7-8-17(12)14(16-13)11-5-3-2-4-6-11;1-5-6(2,3)4/h2-6,15H,7-9H2,1H3;5H2,1-4H3. The lowest BCUT2D eigenvalue weighted by molar-refractivity contribution is 0.101. The summed E-state index contributed by atoms with van der Waals surface area (Å²) in [5.74, 6) is 0.932. The molecule has 0 radical (unpaired) electrons. The molecule has 2 aromatic rings. The summed E-state index contributed by atoms with van der Waals surface area (Å²) in [5.41, 5.74) is 3.21. The van der Waals surface area contributed by atoms with Gasteiger partial charge in [0.25, 0.3) is 0 Å². The average Bonchev–Trinajstić information content (AvgIpc) is 2.95. The van der Waals surface area contributed by atoms with Crippen LogP contribution in [-0.4, -0.2) is 21.9 Å². The first-order valence-corrected chi connectivity index (χ1v) is 8.70. The molecule has 1 N–H and O–H groups in total. The van der Waals surface area contributed by atoms with Crippen LogP contribution in [0, 0.1) is 5.41 Å². The van der Waals surface area contributed by atoms with E-state index in [4.69, 9.17) is 0 Å². The number of rotatable bonds is 2. The molecule has 0 fully saturated rings. The number of carbonyl (C=O) groups excluding carboxylic acids is 1. The molecule has 4 heteroatoms. The molecule has 1 aromatic carbocycles. The first kappa shape index (κ1) is 18.4. The van der Waals surface area contributed by atoms with Crippen molar-refractivity contribution in [1.29, 1.82) is 0 Å². The normalized spacial score (nSPS) is 13.7. The number of nitrogens with one attached hydrogen (secondary N) is 1. The molecular weight excluding hydrogens is 298 g/mol. The van der Waals surface area contributed by atoms with Crippen LogP contribution >= 0.6 is 0 Å². The third-order valence-corrected chi connectivity index (χ3v) is 4.30. The van der Waals surface area contributed by atoms with Crippen molar-refractivity contribution in [2.75, 3.05) is 6.54 Å². The van der Waals surface area contributed by atoms with E-state index in [1.807, 2.05) is 30.3 Å². The molecule has 130 valence electrons. The van der Waals surface area contributed by atoms with Gasteiger partial charge in [0, 0.05) is 32.1 Å². The summed E-state index contributed by atoms with van der Waals surface area (Å²) in [5, 5.41) is 3.29. The number of benzene rings is 1. The zero-order valence-electron chi connectivity index (χ0n) is 15.5. The van der Waals surface area contributed by atoms with Crippen LogP contribution < -0.4 is 5.32 Å². The maximum Gasteiger partial charge on any atom is 0.180 e. The van der Waals surface area contributed by atoms with E-state index in [2.05, 4.69) is 42.6 Å². The molecule has 0 atom stereocenters. The van der Waals surface area contributed by atoms with Crippen molar-refractivity contribution in [3.8, 4) is 11.4 Å². The zero-order valence-corrected chi connectivity index (χ0v) is 15.5. The second-order valence-corrected chi connectivity index (χ2v) is 7.40. The number of Topliss-reactive ketones (excluding diaryl/α,β-unsaturated/α-hetero) is 1. The van der Waals surface area contributed by atoms with Crippen molar-refractivity contribution in [1.82, 2.24) is 14.9 Å². The van der Waals surface area contributed by atoms with Gasteiger partial charge in [-0.15, -0.1) is 0 Å². The molecule has 24 heavy (non-hydrogen) atoms. The summed E-state index contributed by atoms with van der Waals surface area (Å²) in [4.78, 5) is 16.2. The number of carbonyl (C=O) groups is 1. The van der Waals surface area contributed by atoms with Crippen LogP contribution in [0.3, 0.4) is 0 Å². The van der Waals surface area contributed by atoms with E-state index in [1.54, 1.807) is 6.92 Å². The highest BCUT2D eigenvalue weighted by Crippen LogP contribution is 2.24. The lowest BCUT2D eigenvalue weighted by Gasteiger charge is -2.18. The molecule has 4 nitrogen and oxygen atoms in total. The van der Waals surface area contributed by atoms with Crippen LogP contribution in [0.15, 0.2) is 30.3 Å². The van der Waals surface area contributed by atoms with Gasteiger partial charge in [0.2, 0.25) is 0 Å². The number of imidazole rings is 1. The van der Waals surface area contributed by atoms with Crippen LogP contribution in [0.4, 0.5) is 0 Å². The smallest absolute Gasteiger partial charge is 0.180 e. The van der Waals surface area contributed by atoms with Crippen molar-refractivity contribution in [2.24, 2.45) is 5.41 Å². The molecule has 2 heterocycles. The van der Waals surface area contributed by atoms with Crippen LogP contribution in [0.25, 0.3) is 11.4 Å². The van der Waals surface area contributed by atoms with Gasteiger partial charge in [0.15, 0.2) is 5.78 Å². The largest absolute Gasteiger partial charge is 0.325 e. The van der Waals surface area contributed by atoms with Gasteiger partial charge in [-0.3, -0.25) is 4.79 Å². The molecule has 0 saturated heterocycles. The minimum Gasteiger partial charge on any atom is -0.325 e. The van der Waals surface area contributed by atoms with Gasteiger partial charge in [-0.25, -0.2) is 4.98 Å². The summed E-state index contributed by atoms with van der Waals surface area (Å²) in [6, 6.07) is 10.0. The molecule has 0 aliphatic carbocycles. The fourth-order valence-electron chi connectivity index (χ4n) is 2.39. The lowest BCUT2D eigenvalue weighted by atomic mass is 9.94. The summed E-state index contributed by atoms with van der Waals surface area (Å²) >= 11 is 0. The highest BCUT2D eigenvalue weighted by Gasteiger charge is 2.22. The first-order valence-electron chi connectivity index (χ1n) is 8.70.